The Hall–Kier alpha value is -6.43. The van der Waals surface area contributed by atoms with E-state index in [1.54, 1.807) is 24.3 Å². The maximum absolute atomic E-state index is 14.1. The van der Waals surface area contributed by atoms with Gasteiger partial charge in [-0.05, 0) is 97.1 Å². The lowest BCUT2D eigenvalue weighted by Crippen LogP contribution is -2.25. The number of carbonyl (C=O) groups is 5. The van der Waals surface area contributed by atoms with Crippen LogP contribution in [0.2, 0.25) is 0 Å². The van der Waals surface area contributed by atoms with Crippen LogP contribution >= 0.6 is 0 Å². The molecule has 0 spiro atoms. The molecule has 60 heavy (non-hydrogen) atoms. The van der Waals surface area contributed by atoms with Crippen molar-refractivity contribution in [2.24, 2.45) is 0 Å². The molecule has 0 radical (unpaired) electrons. The second-order valence-electron chi connectivity index (χ2n) is 14.5. The van der Waals surface area contributed by atoms with E-state index in [1.165, 1.54) is 80.6 Å². The molecule has 1 unspecified atom stereocenters. The highest BCUT2D eigenvalue weighted by Gasteiger charge is 2.26. The number of anilines is 2. The highest BCUT2D eigenvalue weighted by Crippen LogP contribution is 2.29. The van der Waals surface area contributed by atoms with Gasteiger partial charge < -0.3 is 35.2 Å². The SMILES string of the molecule is CCCCCCCCCCC(OC(=O)c1cc(N)cc(N)c1)OC(=O)c1cc(OC(=O)c2ccc(/C=C/C(=O)OC)cc2)ccc1OC(=O)c1ccc(CCCCC)cc1. The Labute approximate surface area is 352 Å². The van der Waals surface area contributed by atoms with Gasteiger partial charge in [0.25, 0.3) is 0 Å². The Morgan fingerprint density at radius 1 is 0.583 bits per heavy atom. The number of esters is 5. The molecule has 0 aliphatic rings. The van der Waals surface area contributed by atoms with Crippen LogP contribution in [0.5, 0.6) is 11.5 Å². The van der Waals surface area contributed by atoms with Crippen LogP contribution in [0, 0.1) is 0 Å². The minimum atomic E-state index is -1.34. The molecule has 0 amide bonds. The molecule has 0 aliphatic heterocycles. The summed E-state index contributed by atoms with van der Waals surface area (Å²) in [6.07, 6.45) is 13.8. The molecule has 12 heteroatoms. The molecule has 4 rings (SSSR count). The zero-order chi connectivity index (χ0) is 43.3. The fraction of sp³-hybridized carbons (Fsp3) is 0.354. The van der Waals surface area contributed by atoms with Gasteiger partial charge in [0.2, 0.25) is 6.29 Å². The topological polar surface area (TPSA) is 184 Å². The Kier molecular flexibility index (Phi) is 18.9. The molecule has 0 heterocycles. The van der Waals surface area contributed by atoms with Crippen molar-refractivity contribution in [3.05, 3.63) is 124 Å². The summed E-state index contributed by atoms with van der Waals surface area (Å²) in [6.45, 7) is 4.30. The zero-order valence-electron chi connectivity index (χ0n) is 34.7. The summed E-state index contributed by atoms with van der Waals surface area (Å²) in [4.78, 5) is 65.5. The van der Waals surface area contributed by atoms with Gasteiger partial charge in [-0.2, -0.15) is 0 Å². The van der Waals surface area contributed by atoms with Crippen LogP contribution in [0.1, 0.15) is 143 Å². The van der Waals surface area contributed by atoms with E-state index in [-0.39, 0.29) is 51.5 Å². The van der Waals surface area contributed by atoms with E-state index in [2.05, 4.69) is 18.6 Å². The summed E-state index contributed by atoms with van der Waals surface area (Å²) in [7, 11) is 1.27. The number of nitrogen functional groups attached to an aromatic ring is 2. The number of benzene rings is 4. The van der Waals surface area contributed by atoms with Crippen molar-refractivity contribution in [2.75, 3.05) is 18.6 Å². The third-order valence-electron chi connectivity index (χ3n) is 9.59. The minimum absolute atomic E-state index is 0.0512. The average molecular weight is 821 g/mol. The van der Waals surface area contributed by atoms with Crippen LogP contribution in [0.3, 0.4) is 0 Å². The van der Waals surface area contributed by atoms with Crippen molar-refractivity contribution in [1.29, 1.82) is 0 Å². The number of hydrogen-bond donors (Lipinski definition) is 2. The van der Waals surface area contributed by atoms with Crippen molar-refractivity contribution in [1.82, 2.24) is 0 Å². The quantitative estimate of drug-likeness (QED) is 0.0181. The van der Waals surface area contributed by atoms with Crippen LogP contribution in [0.15, 0.2) is 91.0 Å². The maximum atomic E-state index is 14.1. The second kappa shape index (κ2) is 24.5. The summed E-state index contributed by atoms with van der Waals surface area (Å²) in [5, 5.41) is 0. The van der Waals surface area contributed by atoms with Gasteiger partial charge >= 0.3 is 29.8 Å². The molecule has 4 aromatic carbocycles. The number of rotatable bonds is 23. The second-order valence-corrected chi connectivity index (χ2v) is 14.5. The van der Waals surface area contributed by atoms with Gasteiger partial charge in [-0.1, -0.05) is 95.9 Å². The Morgan fingerprint density at radius 3 is 1.78 bits per heavy atom. The highest BCUT2D eigenvalue weighted by molar-refractivity contribution is 5.98. The fourth-order valence-corrected chi connectivity index (χ4v) is 6.25. The van der Waals surface area contributed by atoms with Crippen LogP contribution < -0.4 is 20.9 Å². The third-order valence-corrected chi connectivity index (χ3v) is 9.59. The largest absolute Gasteiger partial charge is 0.466 e. The van der Waals surface area contributed by atoms with Crippen molar-refractivity contribution in [3.63, 3.8) is 0 Å². The number of hydrogen-bond acceptors (Lipinski definition) is 12. The molecule has 4 aromatic rings. The number of methoxy groups -OCH3 is 1. The summed E-state index contributed by atoms with van der Waals surface area (Å²) in [6, 6.07) is 21.6. The van der Waals surface area contributed by atoms with Gasteiger partial charge in [0.15, 0.2) is 0 Å². The van der Waals surface area contributed by atoms with Gasteiger partial charge in [0.05, 0.1) is 23.8 Å². The molecule has 0 aliphatic carbocycles. The standard InChI is InChI=1S/C48H56N2O10/c1-4-6-8-9-10-11-12-14-16-44(59-47(54)37-29-38(49)31-39(50)30-37)60-48(55)41-32-40(57-45(52)35-24-19-34(20-25-35)21-28-43(51)56-3)26-27-42(41)58-46(53)36-22-17-33(18-23-36)15-13-7-5-2/h17-32,44H,4-16,49-50H2,1-3H3/b28-21+. The molecule has 0 bridgehead atoms. The molecule has 318 valence electrons. The molecule has 0 saturated carbocycles. The predicted octanol–water partition coefficient (Wildman–Crippen LogP) is 10.1. The van der Waals surface area contributed by atoms with Gasteiger partial charge in [-0.25, -0.2) is 24.0 Å². The summed E-state index contributed by atoms with van der Waals surface area (Å²) < 4.78 is 27.5. The minimum Gasteiger partial charge on any atom is -0.466 e. The monoisotopic (exact) mass is 820 g/mol. The first-order valence-electron chi connectivity index (χ1n) is 20.6. The normalized spacial score (nSPS) is 11.4. The summed E-state index contributed by atoms with van der Waals surface area (Å²) in [5.41, 5.74) is 14.4. The van der Waals surface area contributed by atoms with E-state index in [1.807, 2.05) is 12.1 Å². The van der Waals surface area contributed by atoms with Crippen LogP contribution in [0.4, 0.5) is 11.4 Å². The van der Waals surface area contributed by atoms with Crippen LogP contribution in [-0.4, -0.2) is 43.2 Å². The van der Waals surface area contributed by atoms with Gasteiger partial charge in [0, 0.05) is 23.9 Å². The number of ether oxygens (including phenoxy) is 5. The number of unbranched alkanes of at least 4 members (excludes halogenated alkanes) is 9. The van der Waals surface area contributed by atoms with E-state index in [9.17, 15) is 24.0 Å². The van der Waals surface area contributed by atoms with Crippen molar-refractivity contribution in [3.8, 4) is 11.5 Å². The van der Waals surface area contributed by atoms with E-state index in [4.69, 9.17) is 30.4 Å². The molecule has 4 N–H and O–H groups in total. The Bertz CT molecular complexity index is 2060. The molecular weight excluding hydrogens is 765 g/mol. The van der Waals surface area contributed by atoms with Gasteiger partial charge in [-0.3, -0.25) is 0 Å². The van der Waals surface area contributed by atoms with E-state index in [0.717, 1.165) is 63.4 Å². The molecule has 0 aromatic heterocycles. The first-order valence-corrected chi connectivity index (χ1v) is 20.6. The maximum Gasteiger partial charge on any atom is 0.345 e. The summed E-state index contributed by atoms with van der Waals surface area (Å²) in [5.74, 6) is -4.01. The van der Waals surface area contributed by atoms with Crippen molar-refractivity contribution >= 4 is 47.3 Å². The summed E-state index contributed by atoms with van der Waals surface area (Å²) >= 11 is 0. The zero-order valence-corrected chi connectivity index (χ0v) is 34.7. The average Bonchev–Trinajstić information content (AvgIpc) is 3.24. The molecule has 12 nitrogen and oxygen atoms in total. The first-order chi connectivity index (χ1) is 29.0. The lowest BCUT2D eigenvalue weighted by atomic mass is 10.1. The lowest BCUT2D eigenvalue weighted by molar-refractivity contribution is -0.134. The van der Waals surface area contributed by atoms with Crippen LogP contribution in [-0.2, 0) is 25.4 Å². The molecular formula is C48H56N2O10. The van der Waals surface area contributed by atoms with Crippen LogP contribution in [0.25, 0.3) is 6.08 Å². The van der Waals surface area contributed by atoms with Gasteiger partial charge in [-0.15, -0.1) is 0 Å². The van der Waals surface area contributed by atoms with Crippen molar-refractivity contribution in [2.45, 2.75) is 104 Å². The van der Waals surface area contributed by atoms with E-state index < -0.39 is 36.1 Å². The predicted molar refractivity (Wildman–Crippen MR) is 231 cm³/mol. The van der Waals surface area contributed by atoms with E-state index in [0.29, 0.717) is 12.0 Å². The Balaban J connectivity index is 1.59. The lowest BCUT2D eigenvalue weighted by Gasteiger charge is -2.20. The van der Waals surface area contributed by atoms with Gasteiger partial charge in [0.1, 0.15) is 17.1 Å². The fourth-order valence-electron chi connectivity index (χ4n) is 6.25. The number of aryl methyl sites for hydroxylation is 1. The first kappa shape index (κ1) is 46.3. The van der Waals surface area contributed by atoms with E-state index >= 15 is 0 Å². The molecule has 1 atom stereocenters. The number of nitrogens with two attached hydrogens (primary N) is 2. The highest BCUT2D eigenvalue weighted by atomic mass is 16.7. The smallest absolute Gasteiger partial charge is 0.345 e. The molecule has 0 fully saturated rings. The third kappa shape index (κ3) is 15.4. The molecule has 0 saturated heterocycles. The Morgan fingerprint density at radius 2 is 1.15 bits per heavy atom. The van der Waals surface area contributed by atoms with Crippen molar-refractivity contribution < 1.29 is 47.7 Å². The number of carbonyl (C=O) groups excluding carboxylic acids is 5.